The number of ether oxygens (including phenoxy) is 2. The van der Waals surface area contributed by atoms with Crippen LogP contribution in [0.4, 0.5) is 0 Å². The van der Waals surface area contributed by atoms with Gasteiger partial charge in [0.05, 0.1) is 12.2 Å². The molecule has 1 aromatic carbocycles. The van der Waals surface area contributed by atoms with Crippen molar-refractivity contribution in [3.63, 3.8) is 0 Å². The van der Waals surface area contributed by atoms with E-state index in [4.69, 9.17) is 27.4 Å². The minimum Gasteiger partial charge on any atom is -0.490 e. The third-order valence-corrected chi connectivity index (χ3v) is 2.98. The third-order valence-electron chi connectivity index (χ3n) is 2.00. The summed E-state index contributed by atoms with van der Waals surface area (Å²) in [4.78, 5) is 1.39. The van der Waals surface area contributed by atoms with Gasteiger partial charge in [-0.15, -0.1) is 11.8 Å². The van der Waals surface area contributed by atoms with Crippen molar-refractivity contribution in [2.45, 2.75) is 4.90 Å². The van der Waals surface area contributed by atoms with E-state index in [0.717, 1.165) is 16.2 Å². The molecule has 1 rings (SSSR count). The number of hydrogen-bond acceptors (Lipinski definition) is 4. The Kier molecular flexibility index (Phi) is 5.59. The largest absolute Gasteiger partial charge is 0.490 e. The Labute approximate surface area is 105 Å². The molecule has 3 nitrogen and oxygen atoms in total. The number of methoxy groups -OCH3 is 1. The van der Waals surface area contributed by atoms with E-state index < -0.39 is 0 Å². The van der Waals surface area contributed by atoms with Crippen molar-refractivity contribution in [3.05, 3.63) is 23.8 Å². The van der Waals surface area contributed by atoms with Gasteiger partial charge in [-0.05, 0) is 18.4 Å². The Balaban J connectivity index is 2.93. The Hall–Kier alpha value is -0.780. The van der Waals surface area contributed by atoms with E-state index in [1.807, 2.05) is 24.5 Å². The van der Waals surface area contributed by atoms with Crippen LogP contribution in [0.2, 0.25) is 0 Å². The van der Waals surface area contributed by atoms with Crippen molar-refractivity contribution in [1.82, 2.24) is 0 Å². The van der Waals surface area contributed by atoms with Crippen LogP contribution >= 0.6 is 24.0 Å². The molecule has 0 aliphatic carbocycles. The summed E-state index contributed by atoms with van der Waals surface area (Å²) in [6.45, 7) is 1.03. The van der Waals surface area contributed by atoms with Gasteiger partial charge in [-0.1, -0.05) is 18.3 Å². The van der Waals surface area contributed by atoms with E-state index in [1.165, 1.54) is 0 Å². The molecule has 0 heterocycles. The number of benzene rings is 1. The first-order valence-electron chi connectivity index (χ1n) is 4.79. The van der Waals surface area contributed by atoms with Crippen molar-refractivity contribution in [3.8, 4) is 5.75 Å². The smallest absolute Gasteiger partial charge is 0.130 e. The number of nitrogens with two attached hydrogens (primary N) is 1. The lowest BCUT2D eigenvalue weighted by atomic mass is 10.2. The molecule has 0 radical (unpaired) electrons. The summed E-state index contributed by atoms with van der Waals surface area (Å²) in [7, 11) is 1.64. The fourth-order valence-electron chi connectivity index (χ4n) is 1.28. The maximum atomic E-state index is 5.70. The summed E-state index contributed by atoms with van der Waals surface area (Å²) < 4.78 is 10.5. The Bertz CT molecular complexity index is 369. The standard InChI is InChI=1S/C11H15NO2S2/c1-13-6-7-14-8-4-3-5-9(16-2)10(8)11(12)15/h3-5H,6-7H2,1-2H3,(H2,12,15). The van der Waals surface area contributed by atoms with E-state index in [1.54, 1.807) is 18.9 Å². The monoisotopic (exact) mass is 257 g/mol. The zero-order chi connectivity index (χ0) is 12.0. The minimum absolute atomic E-state index is 0.359. The minimum atomic E-state index is 0.359. The van der Waals surface area contributed by atoms with Crippen LogP contribution < -0.4 is 10.5 Å². The Morgan fingerprint density at radius 2 is 2.19 bits per heavy atom. The van der Waals surface area contributed by atoms with E-state index in [2.05, 4.69) is 0 Å². The van der Waals surface area contributed by atoms with Crippen LogP contribution in [0, 0.1) is 0 Å². The third kappa shape index (κ3) is 3.37. The van der Waals surface area contributed by atoms with E-state index >= 15 is 0 Å². The van der Waals surface area contributed by atoms with Crippen molar-refractivity contribution in [1.29, 1.82) is 0 Å². The number of rotatable bonds is 6. The zero-order valence-electron chi connectivity index (χ0n) is 9.36. The first-order valence-corrected chi connectivity index (χ1v) is 6.42. The molecule has 0 saturated heterocycles. The van der Waals surface area contributed by atoms with Gasteiger partial charge in [-0.25, -0.2) is 0 Å². The predicted molar refractivity (Wildman–Crippen MR) is 71.5 cm³/mol. The molecule has 88 valence electrons. The highest BCUT2D eigenvalue weighted by Gasteiger charge is 2.11. The van der Waals surface area contributed by atoms with E-state index in [0.29, 0.717) is 18.2 Å². The van der Waals surface area contributed by atoms with Crippen molar-refractivity contribution in [2.75, 3.05) is 26.6 Å². The molecule has 0 aliphatic heterocycles. The predicted octanol–water partition coefficient (Wildman–Crippen LogP) is 2.07. The van der Waals surface area contributed by atoms with Gasteiger partial charge < -0.3 is 15.2 Å². The summed E-state index contributed by atoms with van der Waals surface area (Å²) in [5.41, 5.74) is 6.51. The van der Waals surface area contributed by atoms with Gasteiger partial charge in [0.2, 0.25) is 0 Å². The highest BCUT2D eigenvalue weighted by atomic mass is 32.2. The molecule has 0 aliphatic rings. The molecule has 5 heteroatoms. The SMILES string of the molecule is COCCOc1cccc(SC)c1C(N)=S. The van der Waals surface area contributed by atoms with Crippen LogP contribution in [0.25, 0.3) is 0 Å². The summed E-state index contributed by atoms with van der Waals surface area (Å²) in [5.74, 6) is 0.719. The second kappa shape index (κ2) is 6.73. The van der Waals surface area contributed by atoms with Gasteiger partial charge in [0, 0.05) is 12.0 Å². The maximum Gasteiger partial charge on any atom is 0.130 e. The van der Waals surface area contributed by atoms with Crippen LogP contribution in [-0.4, -0.2) is 31.6 Å². The van der Waals surface area contributed by atoms with Crippen LogP contribution in [0.5, 0.6) is 5.75 Å². The topological polar surface area (TPSA) is 44.5 Å². The highest BCUT2D eigenvalue weighted by molar-refractivity contribution is 7.98. The van der Waals surface area contributed by atoms with Gasteiger partial charge in [0.15, 0.2) is 0 Å². The molecule has 0 saturated carbocycles. The molecule has 0 atom stereocenters. The van der Waals surface area contributed by atoms with E-state index in [-0.39, 0.29) is 0 Å². The highest BCUT2D eigenvalue weighted by Crippen LogP contribution is 2.28. The van der Waals surface area contributed by atoms with Gasteiger partial charge in [-0.3, -0.25) is 0 Å². The summed E-state index contributed by atoms with van der Waals surface area (Å²) in [6.07, 6.45) is 1.98. The fraction of sp³-hybridized carbons (Fsp3) is 0.364. The van der Waals surface area contributed by atoms with Gasteiger partial charge in [-0.2, -0.15) is 0 Å². The summed E-state index contributed by atoms with van der Waals surface area (Å²) in [5, 5.41) is 0. The molecular weight excluding hydrogens is 242 g/mol. The van der Waals surface area contributed by atoms with Crippen molar-refractivity contribution < 1.29 is 9.47 Å². The van der Waals surface area contributed by atoms with Gasteiger partial charge in [0.1, 0.15) is 17.3 Å². The molecule has 0 spiro atoms. The Morgan fingerprint density at radius 3 is 2.75 bits per heavy atom. The van der Waals surface area contributed by atoms with Crippen molar-refractivity contribution in [2.24, 2.45) is 5.73 Å². The normalized spacial score (nSPS) is 10.1. The van der Waals surface area contributed by atoms with Gasteiger partial charge in [0.25, 0.3) is 0 Å². The first-order chi connectivity index (χ1) is 7.70. The molecule has 16 heavy (non-hydrogen) atoms. The maximum absolute atomic E-state index is 5.70. The number of hydrogen-bond donors (Lipinski definition) is 1. The van der Waals surface area contributed by atoms with Crippen LogP contribution in [-0.2, 0) is 4.74 Å². The number of thioether (sulfide) groups is 1. The first kappa shape index (κ1) is 13.3. The average Bonchev–Trinajstić information content (AvgIpc) is 2.28. The molecule has 0 aromatic heterocycles. The van der Waals surface area contributed by atoms with E-state index in [9.17, 15) is 0 Å². The molecule has 0 unspecified atom stereocenters. The van der Waals surface area contributed by atoms with Gasteiger partial charge >= 0.3 is 0 Å². The molecule has 0 amide bonds. The zero-order valence-corrected chi connectivity index (χ0v) is 11.0. The second-order valence-electron chi connectivity index (χ2n) is 3.04. The summed E-state index contributed by atoms with van der Waals surface area (Å²) >= 11 is 6.63. The quantitative estimate of drug-likeness (QED) is 0.480. The average molecular weight is 257 g/mol. The lowest BCUT2D eigenvalue weighted by Gasteiger charge is -2.13. The molecule has 2 N–H and O–H groups in total. The number of thiocarbonyl (C=S) groups is 1. The van der Waals surface area contributed by atoms with Crippen LogP contribution in [0.15, 0.2) is 23.1 Å². The second-order valence-corrected chi connectivity index (χ2v) is 4.33. The lowest BCUT2D eigenvalue weighted by molar-refractivity contribution is 0.146. The van der Waals surface area contributed by atoms with Crippen LogP contribution in [0.1, 0.15) is 5.56 Å². The Morgan fingerprint density at radius 1 is 1.44 bits per heavy atom. The van der Waals surface area contributed by atoms with Crippen LogP contribution in [0.3, 0.4) is 0 Å². The molecular formula is C11H15NO2S2. The molecule has 1 aromatic rings. The molecule has 0 bridgehead atoms. The lowest BCUT2D eigenvalue weighted by Crippen LogP contribution is -2.14. The summed E-state index contributed by atoms with van der Waals surface area (Å²) in [6, 6.07) is 5.77. The fourth-order valence-corrected chi connectivity index (χ4v) is 2.18. The molecule has 0 fully saturated rings. The van der Waals surface area contributed by atoms with Crippen molar-refractivity contribution >= 4 is 29.0 Å².